The molecule has 0 saturated carbocycles. The number of unbranched alkanes of at least 4 members (excludes halogenated alkanes) is 3. The summed E-state index contributed by atoms with van der Waals surface area (Å²) < 4.78 is 10.7. The van der Waals surface area contributed by atoms with Crippen LogP contribution in [0.3, 0.4) is 0 Å². The van der Waals surface area contributed by atoms with E-state index in [2.05, 4.69) is 23.5 Å². The van der Waals surface area contributed by atoms with Gasteiger partial charge in [-0.2, -0.15) is 0 Å². The minimum Gasteiger partial charge on any atom is -0.493 e. The molecule has 0 atom stereocenters. The van der Waals surface area contributed by atoms with Crippen LogP contribution in [-0.4, -0.2) is 33.4 Å². The molecule has 0 fully saturated rings. The third-order valence-electron chi connectivity index (χ3n) is 4.02. The van der Waals surface area contributed by atoms with Crippen molar-refractivity contribution < 1.29 is 9.47 Å². The van der Waals surface area contributed by atoms with E-state index in [0.717, 1.165) is 38.5 Å². The number of nitrogens with one attached hydrogen (secondary N) is 1. The average molecular weight is 291 g/mol. The SMILES string of the molecule is COCCNCCCCCCc1ccc2c(c1)CCCO2. The van der Waals surface area contributed by atoms with Crippen molar-refractivity contribution in [3.05, 3.63) is 29.3 Å². The van der Waals surface area contributed by atoms with E-state index in [0.29, 0.717) is 0 Å². The molecular formula is C18H29NO2. The second-order valence-electron chi connectivity index (χ2n) is 5.80. The Bertz CT molecular complexity index is 406. The zero-order valence-electron chi connectivity index (χ0n) is 13.3. The molecule has 0 amide bonds. The van der Waals surface area contributed by atoms with Crippen molar-refractivity contribution in [3.63, 3.8) is 0 Å². The van der Waals surface area contributed by atoms with E-state index in [1.807, 2.05) is 0 Å². The molecular weight excluding hydrogens is 262 g/mol. The Balaban J connectivity index is 1.54. The lowest BCUT2D eigenvalue weighted by atomic mass is 10.00. The highest BCUT2D eigenvalue weighted by atomic mass is 16.5. The van der Waals surface area contributed by atoms with Crippen molar-refractivity contribution in [2.24, 2.45) is 0 Å². The maximum absolute atomic E-state index is 5.66. The van der Waals surface area contributed by atoms with Gasteiger partial charge < -0.3 is 14.8 Å². The lowest BCUT2D eigenvalue weighted by molar-refractivity contribution is 0.199. The van der Waals surface area contributed by atoms with E-state index in [-0.39, 0.29) is 0 Å². The van der Waals surface area contributed by atoms with Gasteiger partial charge in [-0.25, -0.2) is 0 Å². The second kappa shape index (κ2) is 9.80. The first-order chi connectivity index (χ1) is 10.4. The number of hydrogen-bond donors (Lipinski definition) is 1. The Morgan fingerprint density at radius 3 is 2.95 bits per heavy atom. The highest BCUT2D eigenvalue weighted by molar-refractivity contribution is 5.38. The van der Waals surface area contributed by atoms with Crippen LogP contribution in [-0.2, 0) is 17.6 Å². The predicted octanol–water partition coefficient (Wildman–Crippen LogP) is 3.35. The van der Waals surface area contributed by atoms with Crippen LogP contribution in [0, 0.1) is 0 Å². The fourth-order valence-corrected chi connectivity index (χ4v) is 2.80. The zero-order chi connectivity index (χ0) is 14.8. The van der Waals surface area contributed by atoms with Gasteiger partial charge in [-0.05, 0) is 55.8 Å². The van der Waals surface area contributed by atoms with Gasteiger partial charge in [0, 0.05) is 13.7 Å². The van der Waals surface area contributed by atoms with Crippen LogP contribution >= 0.6 is 0 Å². The standard InChI is InChI=1S/C18H29NO2/c1-20-14-12-19-11-5-3-2-4-7-16-9-10-18-17(15-16)8-6-13-21-18/h9-10,15,19H,2-8,11-14H2,1H3. The summed E-state index contributed by atoms with van der Waals surface area (Å²) in [7, 11) is 1.74. The quantitative estimate of drug-likeness (QED) is 0.671. The van der Waals surface area contributed by atoms with Gasteiger partial charge in [0.05, 0.1) is 13.2 Å². The lowest BCUT2D eigenvalue weighted by Gasteiger charge is -2.17. The zero-order valence-corrected chi connectivity index (χ0v) is 13.3. The first-order valence-corrected chi connectivity index (χ1v) is 8.34. The van der Waals surface area contributed by atoms with E-state index in [4.69, 9.17) is 9.47 Å². The number of ether oxygens (including phenoxy) is 2. The number of benzene rings is 1. The Kier molecular flexibility index (Phi) is 7.61. The van der Waals surface area contributed by atoms with Gasteiger partial charge in [-0.3, -0.25) is 0 Å². The molecule has 2 rings (SSSR count). The molecule has 1 aromatic carbocycles. The molecule has 0 spiro atoms. The third kappa shape index (κ3) is 6.06. The van der Waals surface area contributed by atoms with Gasteiger partial charge in [0.2, 0.25) is 0 Å². The number of rotatable bonds is 10. The molecule has 0 aromatic heterocycles. The molecule has 3 heteroatoms. The van der Waals surface area contributed by atoms with Gasteiger partial charge in [-0.15, -0.1) is 0 Å². The van der Waals surface area contributed by atoms with Crippen LogP contribution in [0.15, 0.2) is 18.2 Å². The molecule has 21 heavy (non-hydrogen) atoms. The Hall–Kier alpha value is -1.06. The first-order valence-electron chi connectivity index (χ1n) is 8.34. The maximum atomic E-state index is 5.66. The van der Waals surface area contributed by atoms with Crippen LogP contribution in [0.1, 0.15) is 43.2 Å². The molecule has 3 nitrogen and oxygen atoms in total. The molecule has 118 valence electrons. The smallest absolute Gasteiger partial charge is 0.122 e. The molecule has 1 N–H and O–H groups in total. The molecule has 1 heterocycles. The molecule has 1 aliphatic heterocycles. The van der Waals surface area contributed by atoms with Crippen LogP contribution in [0.2, 0.25) is 0 Å². The van der Waals surface area contributed by atoms with Gasteiger partial charge in [0.1, 0.15) is 5.75 Å². The Morgan fingerprint density at radius 1 is 1.14 bits per heavy atom. The minimum atomic E-state index is 0.808. The summed E-state index contributed by atoms with van der Waals surface area (Å²) in [6, 6.07) is 6.74. The highest BCUT2D eigenvalue weighted by Crippen LogP contribution is 2.26. The number of hydrogen-bond acceptors (Lipinski definition) is 3. The average Bonchev–Trinajstić information content (AvgIpc) is 2.53. The number of methoxy groups -OCH3 is 1. The third-order valence-corrected chi connectivity index (χ3v) is 4.02. The molecule has 0 saturated heterocycles. The van der Waals surface area contributed by atoms with Crippen molar-refractivity contribution >= 4 is 0 Å². The van der Waals surface area contributed by atoms with Gasteiger partial charge in [0.25, 0.3) is 0 Å². The largest absolute Gasteiger partial charge is 0.493 e. The summed E-state index contributed by atoms with van der Waals surface area (Å²) in [5.74, 6) is 1.10. The predicted molar refractivity (Wildman–Crippen MR) is 87.2 cm³/mol. The lowest BCUT2D eigenvalue weighted by Crippen LogP contribution is -2.20. The molecule has 1 aromatic rings. The van der Waals surface area contributed by atoms with E-state index in [9.17, 15) is 0 Å². The van der Waals surface area contributed by atoms with Crippen LogP contribution in [0.25, 0.3) is 0 Å². The summed E-state index contributed by atoms with van der Waals surface area (Å²) >= 11 is 0. The molecule has 0 radical (unpaired) electrons. The molecule has 0 aliphatic carbocycles. The van der Waals surface area contributed by atoms with Crippen LogP contribution in [0.4, 0.5) is 0 Å². The van der Waals surface area contributed by atoms with Crippen LogP contribution < -0.4 is 10.1 Å². The minimum absolute atomic E-state index is 0.808. The fourth-order valence-electron chi connectivity index (χ4n) is 2.80. The second-order valence-corrected chi connectivity index (χ2v) is 5.80. The summed E-state index contributed by atoms with van der Waals surface area (Å²) in [5, 5.41) is 3.39. The summed E-state index contributed by atoms with van der Waals surface area (Å²) in [5.41, 5.74) is 2.87. The summed E-state index contributed by atoms with van der Waals surface area (Å²) in [4.78, 5) is 0. The van der Waals surface area contributed by atoms with Crippen molar-refractivity contribution in [1.29, 1.82) is 0 Å². The Morgan fingerprint density at radius 2 is 2.05 bits per heavy atom. The van der Waals surface area contributed by atoms with Crippen molar-refractivity contribution in [1.82, 2.24) is 5.32 Å². The van der Waals surface area contributed by atoms with Crippen molar-refractivity contribution in [3.8, 4) is 5.75 Å². The number of aryl methyl sites for hydroxylation is 2. The summed E-state index contributed by atoms with van der Waals surface area (Å²) in [6.07, 6.45) is 8.72. The maximum Gasteiger partial charge on any atom is 0.122 e. The van der Waals surface area contributed by atoms with E-state index in [1.54, 1.807) is 7.11 Å². The fraction of sp³-hybridized carbons (Fsp3) is 0.667. The van der Waals surface area contributed by atoms with Crippen molar-refractivity contribution in [2.75, 3.05) is 33.4 Å². The first kappa shape index (κ1) is 16.3. The van der Waals surface area contributed by atoms with Gasteiger partial charge >= 0.3 is 0 Å². The van der Waals surface area contributed by atoms with E-state index >= 15 is 0 Å². The molecule has 1 aliphatic rings. The number of fused-ring (bicyclic) bond motifs is 1. The van der Waals surface area contributed by atoms with Crippen molar-refractivity contribution in [2.45, 2.75) is 44.9 Å². The van der Waals surface area contributed by atoms with Crippen LogP contribution in [0.5, 0.6) is 5.75 Å². The van der Waals surface area contributed by atoms with Gasteiger partial charge in [-0.1, -0.05) is 25.0 Å². The van der Waals surface area contributed by atoms with Gasteiger partial charge in [0.15, 0.2) is 0 Å². The van der Waals surface area contributed by atoms with E-state index in [1.165, 1.54) is 49.7 Å². The Labute approximate surface area is 129 Å². The normalized spacial score (nSPS) is 13.8. The summed E-state index contributed by atoms with van der Waals surface area (Å²) in [6.45, 7) is 3.76. The molecule has 0 bridgehead atoms. The molecule has 0 unspecified atom stereocenters. The topological polar surface area (TPSA) is 30.5 Å². The monoisotopic (exact) mass is 291 g/mol. The van der Waals surface area contributed by atoms with E-state index < -0.39 is 0 Å². The highest BCUT2D eigenvalue weighted by Gasteiger charge is 2.10.